The Morgan fingerprint density at radius 3 is 2.50 bits per heavy atom. The number of rotatable bonds is 4. The lowest BCUT2D eigenvalue weighted by atomic mass is 10.2. The molecule has 0 aliphatic carbocycles. The zero-order chi connectivity index (χ0) is 12.4. The molecule has 2 heterocycles. The van der Waals surface area contributed by atoms with Crippen molar-refractivity contribution in [2.75, 3.05) is 31.5 Å². The number of hydrogen-bond donors (Lipinski definition) is 1. The Hall–Kier alpha value is -1.13. The van der Waals surface area contributed by atoms with Gasteiger partial charge in [0.05, 0.1) is 12.2 Å². The van der Waals surface area contributed by atoms with E-state index in [-0.39, 0.29) is 5.82 Å². The van der Waals surface area contributed by atoms with E-state index in [1.807, 2.05) is 0 Å². The van der Waals surface area contributed by atoms with Crippen molar-refractivity contribution in [1.82, 2.24) is 4.90 Å². The highest BCUT2D eigenvalue weighted by Gasteiger charge is 2.33. The molecule has 3 rings (SSSR count). The van der Waals surface area contributed by atoms with Gasteiger partial charge in [0.25, 0.3) is 0 Å². The molecule has 2 saturated heterocycles. The smallest absolute Gasteiger partial charge is 0.123 e. The summed E-state index contributed by atoms with van der Waals surface area (Å²) in [5.74, 6) is -0.190. The number of benzene rings is 1. The molecule has 1 aromatic carbocycles. The number of morpholine rings is 1. The monoisotopic (exact) mass is 250 g/mol. The molecule has 2 bridgehead atoms. The number of nitrogens with zero attached hydrogens (tertiary/aromatic N) is 1. The van der Waals surface area contributed by atoms with E-state index in [0.29, 0.717) is 12.2 Å². The third-order valence-electron chi connectivity index (χ3n) is 3.72. The number of likely N-dealkylation sites (tertiary alicyclic amines) is 1. The van der Waals surface area contributed by atoms with Crippen LogP contribution in [-0.2, 0) is 4.74 Å². The van der Waals surface area contributed by atoms with Gasteiger partial charge in [-0.1, -0.05) is 0 Å². The van der Waals surface area contributed by atoms with E-state index in [1.165, 1.54) is 25.0 Å². The fourth-order valence-corrected chi connectivity index (χ4v) is 2.81. The summed E-state index contributed by atoms with van der Waals surface area (Å²) >= 11 is 0. The lowest BCUT2D eigenvalue weighted by Crippen LogP contribution is -2.44. The van der Waals surface area contributed by atoms with Crippen LogP contribution in [0.25, 0.3) is 0 Å². The first-order valence-corrected chi connectivity index (χ1v) is 6.67. The molecule has 0 radical (unpaired) electrons. The Morgan fingerprint density at radius 1 is 1.17 bits per heavy atom. The van der Waals surface area contributed by atoms with Crippen LogP contribution in [0.15, 0.2) is 24.3 Å². The van der Waals surface area contributed by atoms with Crippen molar-refractivity contribution in [2.45, 2.75) is 25.0 Å². The highest BCUT2D eigenvalue weighted by Crippen LogP contribution is 2.25. The van der Waals surface area contributed by atoms with Crippen LogP contribution < -0.4 is 5.32 Å². The second kappa shape index (κ2) is 5.24. The van der Waals surface area contributed by atoms with Crippen LogP contribution in [0.5, 0.6) is 0 Å². The Bertz CT molecular complexity index is 383. The van der Waals surface area contributed by atoms with Gasteiger partial charge in [-0.05, 0) is 37.1 Å². The summed E-state index contributed by atoms with van der Waals surface area (Å²) in [5, 5.41) is 3.32. The number of ether oxygens (including phenoxy) is 1. The lowest BCUT2D eigenvalue weighted by molar-refractivity contribution is -0.0368. The topological polar surface area (TPSA) is 24.5 Å². The summed E-state index contributed by atoms with van der Waals surface area (Å²) in [6, 6.07) is 6.52. The average molecular weight is 250 g/mol. The first kappa shape index (κ1) is 11.9. The van der Waals surface area contributed by atoms with Crippen molar-refractivity contribution in [3.05, 3.63) is 30.1 Å². The van der Waals surface area contributed by atoms with Gasteiger partial charge in [-0.3, -0.25) is 4.90 Å². The van der Waals surface area contributed by atoms with Crippen LogP contribution in [-0.4, -0.2) is 43.3 Å². The fraction of sp³-hybridized carbons (Fsp3) is 0.571. The molecule has 3 nitrogen and oxygen atoms in total. The Morgan fingerprint density at radius 2 is 1.83 bits per heavy atom. The minimum Gasteiger partial charge on any atom is -0.384 e. The van der Waals surface area contributed by atoms with Crippen molar-refractivity contribution in [3.63, 3.8) is 0 Å². The molecule has 0 spiro atoms. The van der Waals surface area contributed by atoms with Crippen LogP contribution in [0.1, 0.15) is 12.8 Å². The molecule has 1 aromatic rings. The Labute approximate surface area is 107 Å². The van der Waals surface area contributed by atoms with E-state index in [4.69, 9.17) is 4.74 Å². The first-order valence-electron chi connectivity index (χ1n) is 6.67. The number of fused-ring (bicyclic) bond motifs is 2. The first-order chi connectivity index (χ1) is 8.79. The normalized spacial score (nSPS) is 27.4. The van der Waals surface area contributed by atoms with Crippen molar-refractivity contribution in [3.8, 4) is 0 Å². The summed E-state index contributed by atoms with van der Waals surface area (Å²) in [5.41, 5.74) is 0.979. The molecule has 1 N–H and O–H groups in total. The molecular weight excluding hydrogens is 231 g/mol. The molecule has 2 fully saturated rings. The quantitative estimate of drug-likeness (QED) is 0.885. The van der Waals surface area contributed by atoms with E-state index in [2.05, 4.69) is 10.2 Å². The SMILES string of the molecule is Fc1ccc(NCCN2CC3CCC(C2)O3)cc1. The van der Waals surface area contributed by atoms with Crippen molar-refractivity contribution in [1.29, 1.82) is 0 Å². The van der Waals surface area contributed by atoms with Gasteiger partial charge < -0.3 is 10.1 Å². The van der Waals surface area contributed by atoms with Gasteiger partial charge in [-0.2, -0.15) is 0 Å². The molecule has 0 amide bonds. The Kier molecular flexibility index (Phi) is 3.48. The fourth-order valence-electron chi connectivity index (χ4n) is 2.81. The molecule has 2 atom stereocenters. The summed E-state index contributed by atoms with van der Waals surface area (Å²) < 4.78 is 18.5. The van der Waals surface area contributed by atoms with Gasteiger partial charge in [0.15, 0.2) is 0 Å². The Balaban J connectivity index is 1.43. The van der Waals surface area contributed by atoms with Gasteiger partial charge in [0.1, 0.15) is 5.82 Å². The second-order valence-electron chi connectivity index (χ2n) is 5.15. The number of anilines is 1. The largest absolute Gasteiger partial charge is 0.384 e. The van der Waals surface area contributed by atoms with Crippen molar-refractivity contribution < 1.29 is 9.13 Å². The maximum atomic E-state index is 12.7. The molecule has 2 aliphatic heterocycles. The zero-order valence-electron chi connectivity index (χ0n) is 10.4. The van der Waals surface area contributed by atoms with Crippen LogP contribution in [0, 0.1) is 5.82 Å². The van der Waals surface area contributed by atoms with E-state index >= 15 is 0 Å². The molecule has 0 saturated carbocycles. The van der Waals surface area contributed by atoms with Crippen LogP contribution >= 0.6 is 0 Å². The second-order valence-corrected chi connectivity index (χ2v) is 5.15. The molecule has 98 valence electrons. The van der Waals surface area contributed by atoms with Gasteiger partial charge in [-0.15, -0.1) is 0 Å². The highest BCUT2D eigenvalue weighted by molar-refractivity contribution is 5.42. The number of hydrogen-bond acceptors (Lipinski definition) is 3. The van der Waals surface area contributed by atoms with Crippen molar-refractivity contribution >= 4 is 5.69 Å². The maximum absolute atomic E-state index is 12.7. The molecule has 0 aromatic heterocycles. The summed E-state index contributed by atoms with van der Waals surface area (Å²) in [6.45, 7) is 4.03. The molecular formula is C14H19FN2O. The van der Waals surface area contributed by atoms with E-state index in [1.54, 1.807) is 12.1 Å². The minimum absolute atomic E-state index is 0.190. The van der Waals surface area contributed by atoms with E-state index in [9.17, 15) is 4.39 Å². The molecule has 4 heteroatoms. The molecule has 18 heavy (non-hydrogen) atoms. The summed E-state index contributed by atoms with van der Waals surface area (Å²) in [4.78, 5) is 2.46. The van der Waals surface area contributed by atoms with E-state index in [0.717, 1.165) is 31.9 Å². The predicted molar refractivity (Wildman–Crippen MR) is 69.2 cm³/mol. The van der Waals surface area contributed by atoms with Crippen LogP contribution in [0.2, 0.25) is 0 Å². The minimum atomic E-state index is -0.190. The molecule has 2 aliphatic rings. The van der Waals surface area contributed by atoms with Gasteiger partial charge in [-0.25, -0.2) is 4.39 Å². The van der Waals surface area contributed by atoms with Gasteiger partial charge in [0.2, 0.25) is 0 Å². The summed E-state index contributed by atoms with van der Waals surface area (Å²) in [6.07, 6.45) is 3.34. The van der Waals surface area contributed by atoms with Crippen LogP contribution in [0.3, 0.4) is 0 Å². The highest BCUT2D eigenvalue weighted by atomic mass is 19.1. The number of nitrogens with one attached hydrogen (secondary N) is 1. The van der Waals surface area contributed by atoms with Gasteiger partial charge in [0, 0.05) is 31.9 Å². The predicted octanol–water partition coefficient (Wildman–Crippen LogP) is 2.10. The number of halogens is 1. The van der Waals surface area contributed by atoms with Crippen molar-refractivity contribution in [2.24, 2.45) is 0 Å². The maximum Gasteiger partial charge on any atom is 0.123 e. The zero-order valence-corrected chi connectivity index (χ0v) is 10.4. The lowest BCUT2D eigenvalue weighted by Gasteiger charge is -2.32. The third kappa shape index (κ3) is 2.82. The van der Waals surface area contributed by atoms with Gasteiger partial charge >= 0.3 is 0 Å². The third-order valence-corrected chi connectivity index (χ3v) is 3.72. The van der Waals surface area contributed by atoms with Crippen LogP contribution in [0.4, 0.5) is 10.1 Å². The van der Waals surface area contributed by atoms with E-state index < -0.39 is 0 Å². The molecule has 2 unspecified atom stereocenters. The average Bonchev–Trinajstić information content (AvgIpc) is 2.71. The summed E-state index contributed by atoms with van der Waals surface area (Å²) in [7, 11) is 0. The standard InChI is InChI=1S/C14H19FN2O/c15-11-1-3-12(4-2-11)16-7-8-17-9-13-5-6-14(10-17)18-13/h1-4,13-14,16H,5-10H2.